The molecule has 0 heterocycles. The van der Waals surface area contributed by atoms with Crippen LogP contribution in [0.15, 0.2) is 18.2 Å². The van der Waals surface area contributed by atoms with Gasteiger partial charge in [0.05, 0.1) is 13.3 Å². The predicted molar refractivity (Wildman–Crippen MR) is 66.0 cm³/mol. The minimum atomic E-state index is -0.338. The quantitative estimate of drug-likeness (QED) is 0.706. The first-order valence-electron chi connectivity index (χ1n) is 6.05. The van der Waals surface area contributed by atoms with Gasteiger partial charge in [0.15, 0.2) is 0 Å². The van der Waals surface area contributed by atoms with E-state index in [1.165, 1.54) is 5.56 Å². The van der Waals surface area contributed by atoms with Gasteiger partial charge in [0.1, 0.15) is 5.75 Å². The Kier molecular flexibility index (Phi) is 5.30. The standard InChI is InChI=1S/C14H21FO/c1-4-7-12-8-6-9-13(11(3)10-15)14(12)16-5-2/h6,8-9,11H,4-5,7,10H2,1-3H3. The predicted octanol–water partition coefficient (Wildman–Crippen LogP) is 4.11. The SMILES string of the molecule is CCCc1cccc(C(C)CF)c1OCC. The molecule has 0 amide bonds. The Morgan fingerprint density at radius 1 is 1.31 bits per heavy atom. The highest BCUT2D eigenvalue weighted by Crippen LogP contribution is 2.31. The molecule has 0 aliphatic rings. The first-order chi connectivity index (χ1) is 7.74. The fraction of sp³-hybridized carbons (Fsp3) is 0.571. The van der Waals surface area contributed by atoms with Crippen LogP contribution in [-0.2, 0) is 6.42 Å². The largest absolute Gasteiger partial charge is 0.493 e. The molecule has 1 aromatic carbocycles. The highest BCUT2D eigenvalue weighted by molar-refractivity contribution is 5.43. The Morgan fingerprint density at radius 2 is 2.06 bits per heavy atom. The monoisotopic (exact) mass is 224 g/mol. The number of alkyl halides is 1. The number of aryl methyl sites for hydroxylation is 1. The first-order valence-corrected chi connectivity index (χ1v) is 6.05. The molecule has 1 unspecified atom stereocenters. The lowest BCUT2D eigenvalue weighted by atomic mass is 9.97. The lowest BCUT2D eigenvalue weighted by Gasteiger charge is -2.17. The van der Waals surface area contributed by atoms with Crippen molar-refractivity contribution >= 4 is 0 Å². The lowest BCUT2D eigenvalue weighted by molar-refractivity contribution is 0.327. The van der Waals surface area contributed by atoms with Crippen LogP contribution in [0.5, 0.6) is 5.75 Å². The summed E-state index contributed by atoms with van der Waals surface area (Å²) in [4.78, 5) is 0. The molecule has 0 bridgehead atoms. The third kappa shape index (κ3) is 2.97. The fourth-order valence-electron chi connectivity index (χ4n) is 1.86. The normalized spacial score (nSPS) is 12.5. The van der Waals surface area contributed by atoms with Gasteiger partial charge in [-0.05, 0) is 24.5 Å². The van der Waals surface area contributed by atoms with Crippen molar-refractivity contribution in [3.63, 3.8) is 0 Å². The number of para-hydroxylation sites is 1. The van der Waals surface area contributed by atoms with Gasteiger partial charge < -0.3 is 4.74 Å². The molecule has 1 atom stereocenters. The molecule has 2 heteroatoms. The summed E-state index contributed by atoms with van der Waals surface area (Å²) in [6, 6.07) is 6.03. The maximum atomic E-state index is 12.8. The van der Waals surface area contributed by atoms with Crippen LogP contribution >= 0.6 is 0 Å². The molecule has 90 valence electrons. The number of halogens is 1. The molecule has 0 saturated heterocycles. The number of hydrogen-bond acceptors (Lipinski definition) is 1. The van der Waals surface area contributed by atoms with Gasteiger partial charge in [-0.15, -0.1) is 0 Å². The van der Waals surface area contributed by atoms with Gasteiger partial charge in [0.25, 0.3) is 0 Å². The van der Waals surface area contributed by atoms with Crippen molar-refractivity contribution in [2.24, 2.45) is 0 Å². The van der Waals surface area contributed by atoms with Gasteiger partial charge in [-0.2, -0.15) is 0 Å². The van der Waals surface area contributed by atoms with E-state index in [0.29, 0.717) is 6.61 Å². The average molecular weight is 224 g/mol. The van der Waals surface area contributed by atoms with Gasteiger partial charge in [-0.25, -0.2) is 0 Å². The summed E-state index contributed by atoms with van der Waals surface area (Å²) < 4.78 is 18.4. The zero-order chi connectivity index (χ0) is 12.0. The van der Waals surface area contributed by atoms with E-state index < -0.39 is 0 Å². The van der Waals surface area contributed by atoms with Crippen molar-refractivity contribution in [1.29, 1.82) is 0 Å². The third-order valence-corrected chi connectivity index (χ3v) is 2.70. The Labute approximate surface area is 97.6 Å². The summed E-state index contributed by atoms with van der Waals surface area (Å²) in [6.07, 6.45) is 2.07. The van der Waals surface area contributed by atoms with Gasteiger partial charge in [0, 0.05) is 5.92 Å². The number of rotatable bonds is 6. The molecule has 0 fully saturated rings. The topological polar surface area (TPSA) is 9.23 Å². The molecule has 0 aromatic heterocycles. The van der Waals surface area contributed by atoms with Crippen molar-refractivity contribution in [3.05, 3.63) is 29.3 Å². The van der Waals surface area contributed by atoms with Crippen LogP contribution in [0.2, 0.25) is 0 Å². The zero-order valence-corrected chi connectivity index (χ0v) is 10.4. The Balaban J connectivity index is 3.09. The number of benzene rings is 1. The highest BCUT2D eigenvalue weighted by atomic mass is 19.1. The van der Waals surface area contributed by atoms with E-state index in [1.54, 1.807) is 0 Å². The minimum absolute atomic E-state index is 0.0849. The molecular formula is C14H21FO. The second-order valence-electron chi connectivity index (χ2n) is 4.07. The molecule has 0 N–H and O–H groups in total. The molecule has 16 heavy (non-hydrogen) atoms. The highest BCUT2D eigenvalue weighted by Gasteiger charge is 2.14. The van der Waals surface area contributed by atoms with Crippen LogP contribution in [-0.4, -0.2) is 13.3 Å². The Bertz CT molecular complexity index is 323. The zero-order valence-electron chi connectivity index (χ0n) is 10.4. The summed E-state index contributed by atoms with van der Waals surface area (Å²) in [7, 11) is 0. The van der Waals surface area contributed by atoms with E-state index in [2.05, 4.69) is 13.0 Å². The summed E-state index contributed by atoms with van der Waals surface area (Å²) >= 11 is 0. The molecule has 0 aliphatic carbocycles. The lowest BCUT2D eigenvalue weighted by Crippen LogP contribution is -2.04. The van der Waals surface area contributed by atoms with Crippen LogP contribution in [0.4, 0.5) is 4.39 Å². The van der Waals surface area contributed by atoms with Crippen molar-refractivity contribution in [3.8, 4) is 5.75 Å². The van der Waals surface area contributed by atoms with E-state index in [0.717, 1.165) is 24.2 Å². The van der Waals surface area contributed by atoms with Gasteiger partial charge >= 0.3 is 0 Å². The number of ether oxygens (including phenoxy) is 1. The molecule has 0 radical (unpaired) electrons. The molecule has 0 aliphatic heterocycles. The molecule has 1 nitrogen and oxygen atoms in total. The Morgan fingerprint density at radius 3 is 2.62 bits per heavy atom. The van der Waals surface area contributed by atoms with Crippen molar-refractivity contribution in [2.75, 3.05) is 13.3 Å². The molecule has 1 aromatic rings. The second-order valence-corrected chi connectivity index (χ2v) is 4.07. The van der Waals surface area contributed by atoms with Crippen LogP contribution in [0.3, 0.4) is 0 Å². The molecule has 0 spiro atoms. The van der Waals surface area contributed by atoms with Crippen molar-refractivity contribution < 1.29 is 9.13 Å². The average Bonchev–Trinajstić information content (AvgIpc) is 2.31. The van der Waals surface area contributed by atoms with Crippen molar-refractivity contribution in [1.82, 2.24) is 0 Å². The van der Waals surface area contributed by atoms with E-state index in [4.69, 9.17) is 4.74 Å². The smallest absolute Gasteiger partial charge is 0.126 e. The maximum absolute atomic E-state index is 12.8. The van der Waals surface area contributed by atoms with Crippen molar-refractivity contribution in [2.45, 2.75) is 39.5 Å². The van der Waals surface area contributed by atoms with E-state index in [1.807, 2.05) is 26.0 Å². The van der Waals surface area contributed by atoms with Crippen LogP contribution < -0.4 is 4.74 Å². The van der Waals surface area contributed by atoms with E-state index >= 15 is 0 Å². The summed E-state index contributed by atoms with van der Waals surface area (Å²) in [5.41, 5.74) is 2.19. The third-order valence-electron chi connectivity index (χ3n) is 2.70. The molecule has 1 rings (SSSR count). The van der Waals surface area contributed by atoms with Gasteiger partial charge in [0.2, 0.25) is 0 Å². The number of hydrogen-bond donors (Lipinski definition) is 0. The summed E-state index contributed by atoms with van der Waals surface area (Å²) in [5, 5.41) is 0. The van der Waals surface area contributed by atoms with Gasteiger partial charge in [-0.3, -0.25) is 4.39 Å². The molecule has 0 saturated carbocycles. The first kappa shape index (κ1) is 13.0. The van der Waals surface area contributed by atoms with E-state index in [9.17, 15) is 4.39 Å². The van der Waals surface area contributed by atoms with Crippen LogP contribution in [0, 0.1) is 0 Å². The minimum Gasteiger partial charge on any atom is -0.493 e. The fourth-order valence-corrected chi connectivity index (χ4v) is 1.86. The second kappa shape index (κ2) is 6.51. The summed E-state index contributed by atoms with van der Waals surface area (Å²) in [5.74, 6) is 0.815. The van der Waals surface area contributed by atoms with Crippen LogP contribution in [0.1, 0.15) is 44.2 Å². The molecular weight excluding hydrogens is 203 g/mol. The summed E-state index contributed by atoms with van der Waals surface area (Å²) in [6.45, 7) is 6.30. The Hall–Kier alpha value is -1.05. The van der Waals surface area contributed by atoms with E-state index in [-0.39, 0.29) is 12.6 Å². The maximum Gasteiger partial charge on any atom is 0.126 e. The van der Waals surface area contributed by atoms with Crippen LogP contribution in [0.25, 0.3) is 0 Å². The van der Waals surface area contributed by atoms with Gasteiger partial charge in [-0.1, -0.05) is 38.5 Å².